The summed E-state index contributed by atoms with van der Waals surface area (Å²) in [6.07, 6.45) is 0. The smallest absolute Gasteiger partial charge is 0.139 e. The van der Waals surface area contributed by atoms with Crippen LogP contribution >= 0.6 is 33.0 Å². The van der Waals surface area contributed by atoms with Gasteiger partial charge in [-0.2, -0.15) is 0 Å². The number of hydrogen-bond acceptors (Lipinski definition) is 1. The van der Waals surface area contributed by atoms with E-state index in [-0.39, 0.29) is 5.41 Å². The van der Waals surface area contributed by atoms with E-state index >= 15 is 0 Å². The molecule has 1 heterocycles. The average molecular weight is 951 g/mol. The molecule has 0 aliphatic carbocycles. The first kappa shape index (κ1) is 46.8. The first-order chi connectivity index (χ1) is 33.5. The Labute approximate surface area is 409 Å². The standard InChI is InChI=1S/C39H32OP2.2C12H11P/c1-39(2)33-25-15-27-35(41(29-17-7-3-8-18-29)30-19-9-4-10-20-30)37(33)40-38-34(39)26-16-28-36(38)42(31-21-11-5-12-22-31)32-23-13-6-14-24-32;2*1-3-7-11(8-4-1)13-12-9-5-2-6-10-12/h3-28H,1-2H3;2*1-10,13H. The third-order valence-electron chi connectivity index (χ3n) is 11.8. The number of fused-ring (bicyclic) bond motifs is 2. The van der Waals surface area contributed by atoms with E-state index in [2.05, 4.69) is 293 Å². The van der Waals surface area contributed by atoms with Crippen LogP contribution in [0.4, 0.5) is 0 Å². The molecule has 1 nitrogen and oxygen atoms in total. The van der Waals surface area contributed by atoms with Crippen LogP contribution < -0.4 is 57.8 Å². The Balaban J connectivity index is 0.000000179. The van der Waals surface area contributed by atoms with Gasteiger partial charge in [-0.05, 0) is 58.3 Å². The lowest BCUT2D eigenvalue weighted by molar-refractivity contribution is 0.425. The van der Waals surface area contributed by atoms with E-state index in [4.69, 9.17) is 4.74 Å². The van der Waals surface area contributed by atoms with Crippen LogP contribution in [0, 0.1) is 0 Å². The van der Waals surface area contributed by atoms with E-state index in [0.29, 0.717) is 0 Å². The summed E-state index contributed by atoms with van der Waals surface area (Å²) in [6, 6.07) is 99.5. The highest BCUT2D eigenvalue weighted by molar-refractivity contribution is 7.80. The highest BCUT2D eigenvalue weighted by atomic mass is 31.1. The molecule has 1 aliphatic heterocycles. The minimum absolute atomic E-state index is 0.225. The molecule has 0 radical (unpaired) electrons. The maximum absolute atomic E-state index is 7.26. The quantitative estimate of drug-likeness (QED) is 0.124. The third-order valence-corrected chi connectivity index (χ3v) is 19.2. The van der Waals surface area contributed by atoms with Crippen molar-refractivity contribution >= 4 is 86.0 Å². The summed E-state index contributed by atoms with van der Waals surface area (Å²) in [5.74, 6) is 2.02. The molecule has 332 valence electrons. The van der Waals surface area contributed by atoms with E-state index in [1.807, 2.05) is 0 Å². The summed E-state index contributed by atoms with van der Waals surface area (Å²) >= 11 is 0. The van der Waals surface area contributed by atoms with Crippen molar-refractivity contribution in [1.29, 1.82) is 0 Å². The van der Waals surface area contributed by atoms with E-state index in [1.54, 1.807) is 0 Å². The van der Waals surface area contributed by atoms with Gasteiger partial charge in [0.25, 0.3) is 0 Å². The molecule has 10 aromatic rings. The Morgan fingerprint density at radius 1 is 0.279 bits per heavy atom. The van der Waals surface area contributed by atoms with Crippen LogP contribution in [0.1, 0.15) is 25.0 Å². The Morgan fingerprint density at radius 3 is 0.765 bits per heavy atom. The van der Waals surface area contributed by atoms with Gasteiger partial charge < -0.3 is 4.74 Å². The van der Waals surface area contributed by atoms with Gasteiger partial charge in [0, 0.05) is 27.2 Å². The zero-order chi connectivity index (χ0) is 46.4. The van der Waals surface area contributed by atoms with Crippen molar-refractivity contribution < 1.29 is 4.74 Å². The summed E-state index contributed by atoms with van der Waals surface area (Å²) in [5, 5.41) is 13.4. The number of hydrogen-bond donors (Lipinski definition) is 0. The Morgan fingerprint density at radius 2 is 0.515 bits per heavy atom. The van der Waals surface area contributed by atoms with Crippen molar-refractivity contribution in [3.05, 3.63) is 290 Å². The molecule has 10 aromatic carbocycles. The fourth-order valence-electron chi connectivity index (χ4n) is 8.43. The molecular weight excluding hydrogens is 897 g/mol. The van der Waals surface area contributed by atoms with Crippen LogP contribution in [-0.2, 0) is 5.41 Å². The van der Waals surface area contributed by atoms with Gasteiger partial charge in [-0.1, -0.05) is 310 Å². The summed E-state index contributed by atoms with van der Waals surface area (Å²) in [4.78, 5) is 0. The maximum atomic E-state index is 7.26. The molecule has 0 fully saturated rings. The van der Waals surface area contributed by atoms with Crippen molar-refractivity contribution in [3.8, 4) is 11.5 Å². The summed E-state index contributed by atoms with van der Waals surface area (Å²) in [5.41, 5.74) is 2.26. The lowest BCUT2D eigenvalue weighted by Gasteiger charge is -2.38. The number of benzene rings is 10. The summed E-state index contributed by atoms with van der Waals surface area (Å²) < 4.78 is 7.26. The zero-order valence-electron chi connectivity index (χ0n) is 38.4. The lowest BCUT2D eigenvalue weighted by Crippen LogP contribution is -2.32. The van der Waals surface area contributed by atoms with Crippen molar-refractivity contribution in [2.24, 2.45) is 0 Å². The van der Waals surface area contributed by atoms with Crippen LogP contribution in [0.3, 0.4) is 0 Å². The second kappa shape index (κ2) is 23.1. The molecule has 1 aliphatic rings. The molecular formula is C63H54OP4. The first-order valence-corrected chi connectivity index (χ1v) is 27.7. The molecule has 0 atom stereocenters. The normalized spacial score (nSPS) is 12.0. The van der Waals surface area contributed by atoms with Crippen LogP contribution in [-0.4, -0.2) is 0 Å². The molecule has 68 heavy (non-hydrogen) atoms. The van der Waals surface area contributed by atoms with Gasteiger partial charge in [0.1, 0.15) is 11.5 Å². The van der Waals surface area contributed by atoms with Gasteiger partial charge in [-0.25, -0.2) is 0 Å². The molecule has 0 spiro atoms. The van der Waals surface area contributed by atoms with Gasteiger partial charge in [0.2, 0.25) is 0 Å². The van der Waals surface area contributed by atoms with Gasteiger partial charge >= 0.3 is 0 Å². The second-order valence-corrected chi connectivity index (χ2v) is 23.9. The third kappa shape index (κ3) is 11.5. The van der Waals surface area contributed by atoms with Crippen molar-refractivity contribution in [2.75, 3.05) is 0 Å². The Bertz CT molecular complexity index is 2720. The topological polar surface area (TPSA) is 9.23 Å². The van der Waals surface area contributed by atoms with E-state index in [0.717, 1.165) is 28.7 Å². The van der Waals surface area contributed by atoms with Crippen molar-refractivity contribution in [1.82, 2.24) is 0 Å². The highest BCUT2D eigenvalue weighted by Crippen LogP contribution is 2.52. The van der Waals surface area contributed by atoms with E-state index < -0.39 is 15.8 Å². The predicted octanol–water partition coefficient (Wildman–Crippen LogP) is 12.3. The molecule has 0 N–H and O–H groups in total. The number of para-hydroxylation sites is 2. The minimum atomic E-state index is -0.824. The summed E-state index contributed by atoms with van der Waals surface area (Å²) in [7, 11) is -0.0939. The Hall–Kier alpha value is -6.28. The SMILES string of the molecule is CC1(C)c2cccc(P(c3ccccc3)c3ccccc3)c2Oc2c(P(c3ccccc3)c3ccccc3)cccc21.c1ccc(Pc2ccccc2)cc1.c1ccc(Pc2ccccc2)cc1. The van der Waals surface area contributed by atoms with Crippen LogP contribution in [0.5, 0.6) is 11.5 Å². The average Bonchev–Trinajstić information content (AvgIpc) is 3.40. The maximum Gasteiger partial charge on any atom is 0.139 e. The van der Waals surface area contributed by atoms with Crippen molar-refractivity contribution in [3.63, 3.8) is 0 Å². The van der Waals surface area contributed by atoms with Crippen LogP contribution in [0.15, 0.2) is 279 Å². The van der Waals surface area contributed by atoms with Gasteiger partial charge in [0.15, 0.2) is 0 Å². The van der Waals surface area contributed by atoms with Gasteiger partial charge in [-0.3, -0.25) is 0 Å². The van der Waals surface area contributed by atoms with E-state index in [1.165, 1.54) is 64.2 Å². The molecule has 5 heteroatoms. The van der Waals surface area contributed by atoms with Crippen LogP contribution in [0.2, 0.25) is 0 Å². The van der Waals surface area contributed by atoms with E-state index in [9.17, 15) is 0 Å². The predicted molar refractivity (Wildman–Crippen MR) is 303 cm³/mol. The van der Waals surface area contributed by atoms with Gasteiger partial charge in [0.05, 0.1) is 0 Å². The minimum Gasteiger partial charge on any atom is -0.455 e. The molecule has 0 saturated carbocycles. The molecule has 0 amide bonds. The van der Waals surface area contributed by atoms with Gasteiger partial charge in [-0.15, -0.1) is 0 Å². The second-order valence-electron chi connectivity index (χ2n) is 16.8. The fraction of sp³-hybridized carbons (Fsp3) is 0.0476. The van der Waals surface area contributed by atoms with Crippen LogP contribution in [0.25, 0.3) is 0 Å². The number of rotatable bonds is 10. The fourth-order valence-corrected chi connectivity index (χ4v) is 15.3. The molecule has 0 aromatic heterocycles. The lowest BCUT2D eigenvalue weighted by atomic mass is 9.76. The largest absolute Gasteiger partial charge is 0.455 e. The highest BCUT2D eigenvalue weighted by Gasteiger charge is 2.39. The zero-order valence-corrected chi connectivity index (χ0v) is 42.1. The van der Waals surface area contributed by atoms with Crippen molar-refractivity contribution in [2.45, 2.75) is 19.3 Å². The monoisotopic (exact) mass is 950 g/mol. The Kier molecular flexibility index (Phi) is 15.9. The summed E-state index contributed by atoms with van der Waals surface area (Å²) in [6.45, 7) is 4.70. The first-order valence-electron chi connectivity index (χ1n) is 23.0. The molecule has 0 saturated heterocycles. The molecule has 11 rings (SSSR count). The molecule has 0 unspecified atom stereocenters. The number of ether oxygens (including phenoxy) is 1. The molecule has 0 bridgehead atoms.